The molecule has 0 aliphatic heterocycles. The van der Waals surface area contributed by atoms with E-state index in [0.717, 1.165) is 5.56 Å². The Morgan fingerprint density at radius 3 is 2.67 bits per heavy atom. The van der Waals surface area contributed by atoms with E-state index in [1.807, 2.05) is 30.3 Å². The average molecular weight is 158 g/mol. The van der Waals surface area contributed by atoms with Gasteiger partial charge in [0, 0.05) is 0 Å². The SMILES string of the molecule is C#CC(=C)OCc1ccccc1. The summed E-state index contributed by atoms with van der Waals surface area (Å²) in [4.78, 5) is 0. The summed E-state index contributed by atoms with van der Waals surface area (Å²) in [5.41, 5.74) is 1.09. The summed E-state index contributed by atoms with van der Waals surface area (Å²) in [7, 11) is 0. The van der Waals surface area contributed by atoms with Crippen LogP contribution in [0.25, 0.3) is 0 Å². The molecule has 0 saturated carbocycles. The van der Waals surface area contributed by atoms with Crippen molar-refractivity contribution in [2.45, 2.75) is 6.61 Å². The van der Waals surface area contributed by atoms with E-state index < -0.39 is 0 Å². The minimum atomic E-state index is 0.374. The Hall–Kier alpha value is -1.68. The largest absolute Gasteiger partial charge is 0.481 e. The molecule has 1 nitrogen and oxygen atoms in total. The van der Waals surface area contributed by atoms with Crippen molar-refractivity contribution in [3.8, 4) is 12.3 Å². The molecule has 0 saturated heterocycles. The van der Waals surface area contributed by atoms with Crippen LogP contribution in [-0.4, -0.2) is 0 Å². The second-order valence-corrected chi connectivity index (χ2v) is 2.34. The monoisotopic (exact) mass is 158 g/mol. The van der Waals surface area contributed by atoms with E-state index in [1.54, 1.807) is 0 Å². The number of benzene rings is 1. The lowest BCUT2D eigenvalue weighted by Gasteiger charge is -2.02. The van der Waals surface area contributed by atoms with Crippen LogP contribution >= 0.6 is 0 Å². The first-order valence-electron chi connectivity index (χ1n) is 3.65. The quantitative estimate of drug-likeness (QED) is 0.484. The summed E-state index contributed by atoms with van der Waals surface area (Å²) in [6.45, 7) is 4.02. The number of terminal acetylenes is 1. The Bertz CT molecular complexity index is 293. The van der Waals surface area contributed by atoms with E-state index in [4.69, 9.17) is 11.2 Å². The van der Waals surface area contributed by atoms with Crippen molar-refractivity contribution in [2.24, 2.45) is 0 Å². The first-order chi connectivity index (χ1) is 5.83. The fourth-order valence-electron chi connectivity index (χ4n) is 0.786. The van der Waals surface area contributed by atoms with Gasteiger partial charge in [-0.2, -0.15) is 0 Å². The third-order valence-electron chi connectivity index (χ3n) is 1.42. The van der Waals surface area contributed by atoms with Crippen LogP contribution in [0.15, 0.2) is 42.7 Å². The highest BCUT2D eigenvalue weighted by Gasteiger charge is 1.91. The molecular weight excluding hydrogens is 148 g/mol. The number of hydrogen-bond donors (Lipinski definition) is 0. The van der Waals surface area contributed by atoms with Crippen LogP contribution in [0.1, 0.15) is 5.56 Å². The number of rotatable bonds is 3. The van der Waals surface area contributed by atoms with E-state index in [-0.39, 0.29) is 0 Å². The van der Waals surface area contributed by atoms with Gasteiger partial charge in [-0.15, -0.1) is 6.42 Å². The zero-order valence-electron chi connectivity index (χ0n) is 6.79. The van der Waals surface area contributed by atoms with Gasteiger partial charge in [0.2, 0.25) is 0 Å². The first kappa shape index (κ1) is 8.42. The Morgan fingerprint density at radius 2 is 2.08 bits per heavy atom. The predicted octanol–water partition coefficient (Wildman–Crippen LogP) is 2.35. The van der Waals surface area contributed by atoms with Gasteiger partial charge in [0.1, 0.15) is 6.61 Å². The van der Waals surface area contributed by atoms with E-state index in [0.29, 0.717) is 12.4 Å². The molecule has 0 spiro atoms. The normalized spacial score (nSPS) is 8.58. The Morgan fingerprint density at radius 1 is 1.42 bits per heavy atom. The molecule has 0 aromatic heterocycles. The molecule has 0 unspecified atom stereocenters. The fraction of sp³-hybridized carbons (Fsp3) is 0.0909. The van der Waals surface area contributed by atoms with Crippen LogP contribution in [-0.2, 0) is 11.3 Å². The van der Waals surface area contributed by atoms with E-state index >= 15 is 0 Å². The number of hydrogen-bond acceptors (Lipinski definition) is 1. The zero-order valence-corrected chi connectivity index (χ0v) is 6.79. The first-order valence-corrected chi connectivity index (χ1v) is 3.65. The molecule has 0 radical (unpaired) electrons. The standard InChI is InChI=1S/C11H10O/c1-3-10(2)12-9-11-7-5-4-6-8-11/h1,4-8H,2,9H2. The van der Waals surface area contributed by atoms with Crippen molar-refractivity contribution in [1.29, 1.82) is 0 Å². The lowest BCUT2D eigenvalue weighted by Crippen LogP contribution is -1.89. The maximum atomic E-state index is 5.15. The summed E-state index contributed by atoms with van der Waals surface area (Å²) >= 11 is 0. The Labute approximate surface area is 72.7 Å². The van der Waals surface area contributed by atoms with Crippen LogP contribution in [0.2, 0.25) is 0 Å². The van der Waals surface area contributed by atoms with Gasteiger partial charge in [-0.05, 0) is 18.1 Å². The van der Waals surface area contributed by atoms with Gasteiger partial charge < -0.3 is 4.74 Å². The number of allylic oxidation sites excluding steroid dienone is 1. The highest BCUT2D eigenvalue weighted by Crippen LogP contribution is 2.03. The zero-order chi connectivity index (χ0) is 8.81. The van der Waals surface area contributed by atoms with E-state index in [2.05, 4.69) is 12.5 Å². The van der Waals surface area contributed by atoms with Crippen molar-refractivity contribution < 1.29 is 4.74 Å². The van der Waals surface area contributed by atoms with Crippen molar-refractivity contribution in [3.05, 3.63) is 48.2 Å². The second kappa shape index (κ2) is 4.25. The molecule has 1 rings (SSSR count). The minimum Gasteiger partial charge on any atom is -0.481 e. The molecule has 0 fully saturated rings. The smallest absolute Gasteiger partial charge is 0.163 e. The molecule has 0 amide bonds. The van der Waals surface area contributed by atoms with Gasteiger partial charge in [-0.1, -0.05) is 30.3 Å². The van der Waals surface area contributed by atoms with Gasteiger partial charge in [-0.25, -0.2) is 0 Å². The van der Waals surface area contributed by atoms with Crippen LogP contribution in [0.3, 0.4) is 0 Å². The summed E-state index contributed by atoms with van der Waals surface area (Å²) in [6.07, 6.45) is 5.06. The molecule has 0 N–H and O–H groups in total. The van der Waals surface area contributed by atoms with Crippen molar-refractivity contribution in [2.75, 3.05) is 0 Å². The predicted molar refractivity (Wildman–Crippen MR) is 49.2 cm³/mol. The van der Waals surface area contributed by atoms with Crippen LogP contribution < -0.4 is 0 Å². The maximum Gasteiger partial charge on any atom is 0.163 e. The van der Waals surface area contributed by atoms with Crippen molar-refractivity contribution in [3.63, 3.8) is 0 Å². The summed E-state index contributed by atoms with van der Waals surface area (Å²) in [6, 6.07) is 9.82. The molecule has 1 heteroatoms. The molecule has 12 heavy (non-hydrogen) atoms. The average Bonchev–Trinajstić information content (AvgIpc) is 2.16. The Balaban J connectivity index is 2.45. The van der Waals surface area contributed by atoms with Gasteiger partial charge >= 0.3 is 0 Å². The lowest BCUT2D eigenvalue weighted by molar-refractivity contribution is 0.216. The highest BCUT2D eigenvalue weighted by atomic mass is 16.5. The van der Waals surface area contributed by atoms with Crippen molar-refractivity contribution in [1.82, 2.24) is 0 Å². The van der Waals surface area contributed by atoms with Gasteiger partial charge in [0.15, 0.2) is 5.76 Å². The molecule has 0 aliphatic carbocycles. The summed E-state index contributed by atoms with van der Waals surface area (Å²) in [5.74, 6) is 2.69. The fourth-order valence-corrected chi connectivity index (χ4v) is 0.786. The summed E-state index contributed by atoms with van der Waals surface area (Å²) < 4.78 is 5.15. The van der Waals surface area contributed by atoms with E-state index in [1.165, 1.54) is 0 Å². The lowest BCUT2D eigenvalue weighted by atomic mass is 10.2. The van der Waals surface area contributed by atoms with Crippen LogP contribution in [0, 0.1) is 12.3 Å². The Kier molecular flexibility index (Phi) is 2.98. The van der Waals surface area contributed by atoms with Crippen LogP contribution in [0.4, 0.5) is 0 Å². The van der Waals surface area contributed by atoms with Gasteiger partial charge in [0.05, 0.1) is 0 Å². The van der Waals surface area contributed by atoms with E-state index in [9.17, 15) is 0 Å². The van der Waals surface area contributed by atoms with Crippen LogP contribution in [0.5, 0.6) is 0 Å². The molecule has 0 aliphatic rings. The van der Waals surface area contributed by atoms with Gasteiger partial charge in [-0.3, -0.25) is 0 Å². The minimum absolute atomic E-state index is 0.374. The highest BCUT2D eigenvalue weighted by molar-refractivity contribution is 5.17. The molecule has 1 aromatic carbocycles. The molecular formula is C11H10O. The van der Waals surface area contributed by atoms with Crippen molar-refractivity contribution >= 4 is 0 Å². The van der Waals surface area contributed by atoms with Gasteiger partial charge in [0.25, 0.3) is 0 Å². The molecule has 1 aromatic rings. The molecule has 0 bridgehead atoms. The molecule has 0 heterocycles. The maximum absolute atomic E-state index is 5.15. The molecule has 60 valence electrons. The third kappa shape index (κ3) is 2.51. The molecule has 0 atom stereocenters. The topological polar surface area (TPSA) is 9.23 Å². The number of ether oxygens (including phenoxy) is 1. The third-order valence-corrected chi connectivity index (χ3v) is 1.42. The second-order valence-electron chi connectivity index (χ2n) is 2.34. The summed E-state index contributed by atoms with van der Waals surface area (Å²) in [5, 5.41) is 0.